The van der Waals surface area contributed by atoms with E-state index in [0.29, 0.717) is 42.6 Å². The molecule has 0 aliphatic carbocycles. The summed E-state index contributed by atoms with van der Waals surface area (Å²) >= 11 is 5.83. The van der Waals surface area contributed by atoms with Crippen LogP contribution in [0, 0.1) is 0 Å². The van der Waals surface area contributed by atoms with Crippen molar-refractivity contribution in [3.05, 3.63) is 70.7 Å². The highest BCUT2D eigenvalue weighted by Crippen LogP contribution is 2.15. The van der Waals surface area contributed by atoms with Crippen LogP contribution in [0.25, 0.3) is 0 Å². The molecule has 0 bridgehead atoms. The molecule has 6 nitrogen and oxygen atoms in total. The lowest BCUT2D eigenvalue weighted by Crippen LogP contribution is -2.41. The zero-order valence-corrected chi connectivity index (χ0v) is 19.5. The molecule has 0 aliphatic heterocycles. The molecule has 0 aromatic heterocycles. The first-order valence-corrected chi connectivity index (χ1v) is 9.77. The molecule has 0 aliphatic rings. The third-order valence-electron chi connectivity index (χ3n) is 4.01. The fourth-order valence-corrected chi connectivity index (χ4v) is 2.67. The quantitative estimate of drug-likeness (QED) is 0.173. The van der Waals surface area contributed by atoms with Gasteiger partial charge in [0.1, 0.15) is 0 Å². The third kappa shape index (κ3) is 9.47. The summed E-state index contributed by atoms with van der Waals surface area (Å²) in [4.78, 5) is 16.5. The number of guanidine groups is 1. The number of aliphatic imine (C=N–C) groups is 1. The molecule has 2 aromatic carbocycles. The minimum atomic E-state index is -0.536. The van der Waals surface area contributed by atoms with Crippen molar-refractivity contribution in [3.8, 4) is 0 Å². The molecule has 0 saturated carbocycles. The Bertz CT molecular complexity index is 757. The van der Waals surface area contributed by atoms with E-state index in [1.807, 2.05) is 37.3 Å². The molecule has 0 heterocycles. The first-order valence-electron chi connectivity index (χ1n) is 9.39. The molecule has 1 amide bonds. The number of nitrogens with one attached hydrogen (secondary N) is 3. The van der Waals surface area contributed by atoms with Crippen LogP contribution >= 0.6 is 35.6 Å². The number of amides is 1. The van der Waals surface area contributed by atoms with Gasteiger partial charge in [0, 0.05) is 36.8 Å². The van der Waals surface area contributed by atoms with Crippen molar-refractivity contribution in [2.75, 3.05) is 26.2 Å². The van der Waals surface area contributed by atoms with Gasteiger partial charge in [0.05, 0.1) is 6.10 Å². The number of carbonyl (C=O) groups is 1. The van der Waals surface area contributed by atoms with Crippen molar-refractivity contribution in [3.63, 3.8) is 0 Å². The van der Waals surface area contributed by atoms with Gasteiger partial charge in [0.2, 0.25) is 0 Å². The molecule has 0 radical (unpaired) electrons. The molecule has 0 fully saturated rings. The van der Waals surface area contributed by atoms with Gasteiger partial charge in [-0.05, 0) is 43.2 Å². The molecule has 29 heavy (non-hydrogen) atoms. The lowest BCUT2D eigenvalue weighted by molar-refractivity contribution is 0.0954. The summed E-state index contributed by atoms with van der Waals surface area (Å²) < 4.78 is 0. The maximum atomic E-state index is 12.1. The molecule has 2 aromatic rings. The molecule has 1 atom stereocenters. The van der Waals surface area contributed by atoms with Gasteiger partial charge in [-0.15, -0.1) is 24.0 Å². The number of aliphatic hydroxyl groups excluding tert-OH is 1. The summed E-state index contributed by atoms with van der Waals surface area (Å²) in [6.07, 6.45) is -0.0000515. The minimum absolute atomic E-state index is 0. The standard InChI is InChI=1S/C21H27ClN4O2.HI/c1-2-23-21(25-13-12-19(27)16-6-4-3-5-7-16)26-15-14-24-20(28)17-8-10-18(22)11-9-17;/h3-11,19,27H,2,12-15H2,1H3,(H,24,28)(H2,23,25,26);1H. The van der Waals surface area contributed by atoms with Gasteiger partial charge in [-0.25, -0.2) is 0 Å². The molecule has 0 spiro atoms. The summed E-state index contributed by atoms with van der Waals surface area (Å²) in [5, 5.41) is 20.0. The van der Waals surface area contributed by atoms with E-state index in [1.165, 1.54) is 0 Å². The highest BCUT2D eigenvalue weighted by atomic mass is 127. The molecule has 4 N–H and O–H groups in total. The van der Waals surface area contributed by atoms with Crippen molar-refractivity contribution >= 4 is 47.4 Å². The van der Waals surface area contributed by atoms with Crippen molar-refractivity contribution in [2.24, 2.45) is 4.99 Å². The third-order valence-corrected chi connectivity index (χ3v) is 4.26. The molecular weight excluding hydrogens is 503 g/mol. The van der Waals surface area contributed by atoms with Gasteiger partial charge < -0.3 is 21.1 Å². The van der Waals surface area contributed by atoms with Crippen molar-refractivity contribution < 1.29 is 9.90 Å². The Labute approximate surface area is 194 Å². The number of hydrogen-bond acceptors (Lipinski definition) is 3. The van der Waals surface area contributed by atoms with Gasteiger partial charge in [-0.1, -0.05) is 41.9 Å². The number of halogens is 2. The largest absolute Gasteiger partial charge is 0.388 e. The fourth-order valence-electron chi connectivity index (χ4n) is 2.54. The van der Waals surface area contributed by atoms with Crippen molar-refractivity contribution in [1.29, 1.82) is 0 Å². The summed E-state index contributed by atoms with van der Waals surface area (Å²) in [5.74, 6) is 0.509. The van der Waals surface area contributed by atoms with E-state index in [4.69, 9.17) is 11.6 Å². The fraction of sp³-hybridized carbons (Fsp3) is 0.333. The van der Waals surface area contributed by atoms with Gasteiger partial charge >= 0.3 is 0 Å². The number of rotatable bonds is 9. The van der Waals surface area contributed by atoms with Crippen molar-refractivity contribution in [1.82, 2.24) is 16.0 Å². The van der Waals surface area contributed by atoms with E-state index in [9.17, 15) is 9.90 Å². The van der Waals surface area contributed by atoms with E-state index in [2.05, 4.69) is 20.9 Å². The Morgan fingerprint density at radius 2 is 1.69 bits per heavy atom. The van der Waals surface area contributed by atoms with Crippen LogP contribution in [-0.2, 0) is 0 Å². The van der Waals surface area contributed by atoms with E-state index in [0.717, 1.165) is 12.1 Å². The van der Waals surface area contributed by atoms with E-state index < -0.39 is 6.10 Å². The van der Waals surface area contributed by atoms with E-state index in [-0.39, 0.29) is 29.9 Å². The lowest BCUT2D eigenvalue weighted by atomic mass is 10.1. The zero-order chi connectivity index (χ0) is 20.2. The van der Waals surface area contributed by atoms with Crippen LogP contribution < -0.4 is 16.0 Å². The average Bonchev–Trinajstić information content (AvgIpc) is 2.72. The van der Waals surface area contributed by atoms with Crippen molar-refractivity contribution in [2.45, 2.75) is 19.4 Å². The zero-order valence-electron chi connectivity index (χ0n) is 16.4. The monoisotopic (exact) mass is 530 g/mol. The molecular formula is C21H28ClIN4O2. The Hall–Kier alpha value is -1.84. The van der Waals surface area contributed by atoms with Crippen LogP contribution in [0.2, 0.25) is 5.02 Å². The molecule has 2 rings (SSSR count). The SMILES string of the molecule is CCNC(=NCCC(O)c1ccccc1)NCCNC(=O)c1ccc(Cl)cc1.I. The molecule has 158 valence electrons. The van der Waals surface area contributed by atoms with Gasteiger partial charge in [0.25, 0.3) is 5.91 Å². The summed E-state index contributed by atoms with van der Waals surface area (Å²) in [6.45, 7) is 4.19. The van der Waals surface area contributed by atoms with Gasteiger partial charge in [0.15, 0.2) is 5.96 Å². The molecule has 0 saturated heterocycles. The Kier molecular flexibility index (Phi) is 12.3. The topological polar surface area (TPSA) is 85.8 Å². The van der Waals surface area contributed by atoms with Crippen LogP contribution in [0.3, 0.4) is 0 Å². The van der Waals surface area contributed by atoms with Crippen LogP contribution in [0.5, 0.6) is 0 Å². The van der Waals surface area contributed by atoms with Gasteiger partial charge in [-0.3, -0.25) is 9.79 Å². The van der Waals surface area contributed by atoms with E-state index >= 15 is 0 Å². The smallest absolute Gasteiger partial charge is 0.251 e. The highest BCUT2D eigenvalue weighted by Gasteiger charge is 2.07. The Balaban J connectivity index is 0.00000420. The number of hydrogen-bond donors (Lipinski definition) is 4. The molecule has 1 unspecified atom stereocenters. The number of aliphatic hydroxyl groups is 1. The lowest BCUT2D eigenvalue weighted by Gasteiger charge is -2.13. The first kappa shape index (κ1) is 25.2. The van der Waals surface area contributed by atoms with Crippen LogP contribution in [-0.4, -0.2) is 43.2 Å². The van der Waals surface area contributed by atoms with Crippen LogP contribution in [0.15, 0.2) is 59.6 Å². The minimum Gasteiger partial charge on any atom is -0.388 e. The maximum absolute atomic E-state index is 12.1. The average molecular weight is 531 g/mol. The Morgan fingerprint density at radius 3 is 2.34 bits per heavy atom. The van der Waals surface area contributed by atoms with Crippen LogP contribution in [0.4, 0.5) is 0 Å². The predicted octanol–water partition coefficient (Wildman–Crippen LogP) is 3.37. The summed E-state index contributed by atoms with van der Waals surface area (Å²) in [6, 6.07) is 16.3. The Morgan fingerprint density at radius 1 is 1.03 bits per heavy atom. The second-order valence-electron chi connectivity index (χ2n) is 6.17. The first-order chi connectivity index (χ1) is 13.6. The number of nitrogens with zero attached hydrogens (tertiary/aromatic N) is 1. The maximum Gasteiger partial charge on any atom is 0.251 e. The number of carbonyl (C=O) groups excluding carboxylic acids is 1. The normalized spacial score (nSPS) is 11.9. The second kappa shape index (κ2) is 14.2. The van der Waals surface area contributed by atoms with E-state index in [1.54, 1.807) is 24.3 Å². The second-order valence-corrected chi connectivity index (χ2v) is 6.60. The summed E-state index contributed by atoms with van der Waals surface area (Å²) in [7, 11) is 0. The predicted molar refractivity (Wildman–Crippen MR) is 129 cm³/mol. The van der Waals surface area contributed by atoms with Gasteiger partial charge in [-0.2, -0.15) is 0 Å². The highest BCUT2D eigenvalue weighted by molar-refractivity contribution is 14.0. The number of benzene rings is 2. The summed E-state index contributed by atoms with van der Waals surface area (Å²) in [5.41, 5.74) is 1.46. The van der Waals surface area contributed by atoms with Crippen LogP contribution in [0.1, 0.15) is 35.4 Å². The molecule has 8 heteroatoms.